The summed E-state index contributed by atoms with van der Waals surface area (Å²) in [5.41, 5.74) is 5.75. The molecule has 0 aromatic heterocycles. The van der Waals surface area contributed by atoms with Crippen molar-refractivity contribution < 1.29 is 27.8 Å². The van der Waals surface area contributed by atoms with Gasteiger partial charge in [0.05, 0.1) is 17.8 Å². The summed E-state index contributed by atoms with van der Waals surface area (Å²) in [7, 11) is 0. The number of nitrogens with two attached hydrogens (primary N) is 1. The molecule has 0 fully saturated rings. The molecule has 5 N–H and O–H groups in total. The average molecular weight is 382 g/mol. The van der Waals surface area contributed by atoms with E-state index >= 15 is 0 Å². The minimum absolute atomic E-state index is 0.00526. The van der Waals surface area contributed by atoms with Crippen molar-refractivity contribution >= 4 is 17.6 Å². The number of hydrogen-bond donors (Lipinski definition) is 4. The number of para-hydroxylation sites is 3. The summed E-state index contributed by atoms with van der Waals surface area (Å²) in [5, 5.41) is 14.6. The van der Waals surface area contributed by atoms with Crippen LogP contribution in [0.5, 0.6) is 11.5 Å². The second-order valence-corrected chi connectivity index (χ2v) is 5.21. The van der Waals surface area contributed by atoms with E-state index in [4.69, 9.17) is 5.73 Å². The van der Waals surface area contributed by atoms with Gasteiger partial charge in [-0.25, -0.2) is 0 Å². The van der Waals surface area contributed by atoms with Gasteiger partial charge in [0.2, 0.25) is 0 Å². The van der Waals surface area contributed by atoms with E-state index in [0.717, 1.165) is 6.07 Å². The van der Waals surface area contributed by atoms with Crippen LogP contribution in [0.4, 0.5) is 18.9 Å². The summed E-state index contributed by atoms with van der Waals surface area (Å²) in [6, 6.07) is 11.4. The van der Waals surface area contributed by atoms with Gasteiger partial charge in [-0.3, -0.25) is 9.79 Å². The molecule has 0 heterocycles. The molecule has 2 aromatic rings. The first-order chi connectivity index (χ1) is 12.8. The number of amides is 1. The van der Waals surface area contributed by atoms with Gasteiger partial charge in [0.1, 0.15) is 5.75 Å². The molecule has 2 aromatic carbocycles. The normalized spacial score (nSPS) is 11.7. The van der Waals surface area contributed by atoms with Gasteiger partial charge in [-0.1, -0.05) is 24.3 Å². The molecule has 0 bridgehead atoms. The molecule has 27 heavy (non-hydrogen) atoms. The third-order valence-corrected chi connectivity index (χ3v) is 3.20. The lowest BCUT2D eigenvalue weighted by molar-refractivity contribution is -0.274. The van der Waals surface area contributed by atoms with Crippen LogP contribution in [0.25, 0.3) is 0 Å². The Bertz CT molecular complexity index is 825. The number of carbonyl (C=O) groups excluding carboxylic acids is 1. The number of halogens is 3. The predicted molar refractivity (Wildman–Crippen MR) is 93.7 cm³/mol. The zero-order valence-electron chi connectivity index (χ0n) is 14.0. The number of rotatable bonds is 6. The molecule has 0 spiro atoms. The monoisotopic (exact) mass is 382 g/mol. The number of carbonyl (C=O) groups is 1. The van der Waals surface area contributed by atoms with E-state index in [1.807, 2.05) is 0 Å². The van der Waals surface area contributed by atoms with E-state index < -0.39 is 18.0 Å². The van der Waals surface area contributed by atoms with Crippen LogP contribution in [-0.2, 0) is 0 Å². The minimum Gasteiger partial charge on any atom is -0.507 e. The molecule has 0 radical (unpaired) electrons. The number of nitrogens with zero attached hydrogens (tertiary/aromatic N) is 1. The van der Waals surface area contributed by atoms with E-state index in [1.54, 1.807) is 12.1 Å². The number of aromatic hydroxyl groups is 1. The van der Waals surface area contributed by atoms with E-state index in [2.05, 4.69) is 20.4 Å². The molecule has 0 saturated carbocycles. The zero-order chi connectivity index (χ0) is 19.9. The Morgan fingerprint density at radius 2 is 1.81 bits per heavy atom. The SMILES string of the molecule is NC(=NCCNC(=O)c1ccccc1O)Nc1ccccc1OC(F)(F)F. The molecule has 2 rings (SSSR count). The Morgan fingerprint density at radius 1 is 1.15 bits per heavy atom. The molecule has 0 aliphatic carbocycles. The van der Waals surface area contributed by atoms with Crippen molar-refractivity contribution in [3.8, 4) is 11.5 Å². The highest BCUT2D eigenvalue weighted by atomic mass is 19.4. The van der Waals surface area contributed by atoms with Gasteiger partial charge >= 0.3 is 6.36 Å². The molecular weight excluding hydrogens is 365 g/mol. The summed E-state index contributed by atoms with van der Waals surface area (Å²) in [6.45, 7) is 0.177. The van der Waals surface area contributed by atoms with Crippen molar-refractivity contribution in [2.24, 2.45) is 10.7 Å². The van der Waals surface area contributed by atoms with Crippen molar-refractivity contribution in [1.29, 1.82) is 0 Å². The second-order valence-electron chi connectivity index (χ2n) is 5.21. The highest BCUT2D eigenvalue weighted by Gasteiger charge is 2.32. The van der Waals surface area contributed by atoms with Crippen molar-refractivity contribution in [2.45, 2.75) is 6.36 Å². The lowest BCUT2D eigenvalue weighted by atomic mass is 10.2. The smallest absolute Gasteiger partial charge is 0.507 e. The number of alkyl halides is 3. The molecule has 0 saturated heterocycles. The first-order valence-corrected chi connectivity index (χ1v) is 7.74. The standard InChI is InChI=1S/C17H17F3N4O3/c18-17(19,20)27-14-8-4-2-6-12(14)24-16(21)23-10-9-22-15(26)11-5-1-3-7-13(11)25/h1-8,25H,9-10H2,(H,22,26)(H3,21,23,24). The Morgan fingerprint density at radius 3 is 2.52 bits per heavy atom. The summed E-state index contributed by atoms with van der Waals surface area (Å²) in [5.74, 6) is -1.24. The molecule has 0 unspecified atom stereocenters. The Kier molecular flexibility index (Phi) is 6.47. The van der Waals surface area contributed by atoms with Gasteiger partial charge in [0, 0.05) is 6.54 Å². The van der Waals surface area contributed by atoms with Crippen LogP contribution in [0, 0.1) is 0 Å². The number of ether oxygens (including phenoxy) is 1. The largest absolute Gasteiger partial charge is 0.573 e. The maximum absolute atomic E-state index is 12.4. The third kappa shape index (κ3) is 6.42. The van der Waals surface area contributed by atoms with Gasteiger partial charge < -0.3 is 26.2 Å². The molecule has 0 atom stereocenters. The molecule has 144 valence electrons. The molecule has 1 amide bonds. The number of anilines is 1. The number of aliphatic imine (C=N–C) groups is 1. The maximum atomic E-state index is 12.4. The Labute approximate surface area is 152 Å². The molecule has 0 aliphatic rings. The van der Waals surface area contributed by atoms with Crippen LogP contribution < -0.4 is 21.1 Å². The van der Waals surface area contributed by atoms with Crippen LogP contribution in [0.15, 0.2) is 53.5 Å². The van der Waals surface area contributed by atoms with Crippen molar-refractivity contribution in [1.82, 2.24) is 5.32 Å². The fourth-order valence-electron chi connectivity index (χ4n) is 2.07. The highest BCUT2D eigenvalue weighted by molar-refractivity contribution is 5.97. The van der Waals surface area contributed by atoms with E-state index in [1.165, 1.54) is 30.3 Å². The number of phenolic OH excluding ortho intramolecular Hbond substituents is 1. The van der Waals surface area contributed by atoms with Gasteiger partial charge in [-0.2, -0.15) is 0 Å². The van der Waals surface area contributed by atoms with Crippen molar-refractivity contribution in [3.63, 3.8) is 0 Å². The van der Waals surface area contributed by atoms with Gasteiger partial charge in [-0.15, -0.1) is 13.2 Å². The summed E-state index contributed by atoms with van der Waals surface area (Å²) in [6.07, 6.45) is -4.84. The number of phenols is 1. The number of guanidine groups is 1. The first-order valence-electron chi connectivity index (χ1n) is 7.74. The Hall–Kier alpha value is -3.43. The number of benzene rings is 2. The molecule has 7 nitrogen and oxygen atoms in total. The lowest BCUT2D eigenvalue weighted by Crippen LogP contribution is -2.28. The van der Waals surface area contributed by atoms with Gasteiger partial charge in [0.15, 0.2) is 11.7 Å². The van der Waals surface area contributed by atoms with E-state index in [0.29, 0.717) is 0 Å². The fourth-order valence-corrected chi connectivity index (χ4v) is 2.07. The second kappa shape index (κ2) is 8.79. The summed E-state index contributed by atoms with van der Waals surface area (Å²) < 4.78 is 41.0. The van der Waals surface area contributed by atoms with Crippen LogP contribution in [0.2, 0.25) is 0 Å². The van der Waals surface area contributed by atoms with Crippen LogP contribution in [-0.4, -0.2) is 36.4 Å². The van der Waals surface area contributed by atoms with Crippen molar-refractivity contribution in [3.05, 3.63) is 54.1 Å². The van der Waals surface area contributed by atoms with Gasteiger partial charge in [0.25, 0.3) is 5.91 Å². The number of hydrogen-bond acceptors (Lipinski definition) is 4. The first kappa shape index (κ1) is 19.9. The third-order valence-electron chi connectivity index (χ3n) is 3.20. The van der Waals surface area contributed by atoms with Crippen molar-refractivity contribution in [2.75, 3.05) is 18.4 Å². The topological polar surface area (TPSA) is 109 Å². The minimum atomic E-state index is -4.84. The highest BCUT2D eigenvalue weighted by Crippen LogP contribution is 2.29. The average Bonchev–Trinajstić information content (AvgIpc) is 2.59. The lowest BCUT2D eigenvalue weighted by Gasteiger charge is -2.14. The quantitative estimate of drug-likeness (QED) is 0.349. The van der Waals surface area contributed by atoms with E-state index in [-0.39, 0.29) is 36.0 Å². The summed E-state index contributed by atoms with van der Waals surface area (Å²) >= 11 is 0. The summed E-state index contributed by atoms with van der Waals surface area (Å²) in [4.78, 5) is 15.8. The van der Waals surface area contributed by atoms with Crippen LogP contribution in [0.1, 0.15) is 10.4 Å². The van der Waals surface area contributed by atoms with E-state index in [9.17, 15) is 23.1 Å². The Balaban J connectivity index is 1.88. The maximum Gasteiger partial charge on any atom is 0.573 e. The molecule has 0 aliphatic heterocycles. The van der Waals surface area contributed by atoms with Crippen LogP contribution >= 0.6 is 0 Å². The zero-order valence-corrected chi connectivity index (χ0v) is 14.0. The van der Waals surface area contributed by atoms with Gasteiger partial charge in [-0.05, 0) is 24.3 Å². The van der Waals surface area contributed by atoms with Crippen LogP contribution in [0.3, 0.4) is 0 Å². The molecular formula is C17H17F3N4O3. The molecule has 10 heteroatoms. The fraction of sp³-hybridized carbons (Fsp3) is 0.176. The predicted octanol–water partition coefficient (Wildman–Crippen LogP) is 2.45. The number of nitrogens with one attached hydrogen (secondary N) is 2.